The van der Waals surface area contributed by atoms with Crippen LogP contribution in [0.25, 0.3) is 0 Å². The number of rotatable bonds is 6. The van der Waals surface area contributed by atoms with Gasteiger partial charge in [-0.3, -0.25) is 9.00 Å². The first-order valence-electron chi connectivity index (χ1n) is 4.55. The van der Waals surface area contributed by atoms with Gasteiger partial charge in [0.25, 0.3) is 0 Å². The molecular formula is C8H13N3O3S2. The van der Waals surface area contributed by atoms with Crippen LogP contribution in [0.5, 0.6) is 0 Å². The summed E-state index contributed by atoms with van der Waals surface area (Å²) in [5.74, 6) is -0.950. The van der Waals surface area contributed by atoms with E-state index >= 15 is 0 Å². The van der Waals surface area contributed by atoms with Gasteiger partial charge < -0.3 is 9.67 Å². The van der Waals surface area contributed by atoms with Crippen molar-refractivity contribution in [3.8, 4) is 0 Å². The summed E-state index contributed by atoms with van der Waals surface area (Å²) in [5.41, 5.74) is 0. The van der Waals surface area contributed by atoms with E-state index < -0.39 is 16.8 Å². The minimum Gasteiger partial charge on any atom is -0.481 e. The normalized spacial score (nSPS) is 14.6. The molecule has 0 fully saturated rings. The smallest absolute Gasteiger partial charge is 0.313 e. The highest BCUT2D eigenvalue weighted by atomic mass is 32.2. The molecule has 0 radical (unpaired) electrons. The number of thioether (sulfide) groups is 1. The molecule has 0 saturated heterocycles. The van der Waals surface area contributed by atoms with Crippen molar-refractivity contribution in [1.82, 2.24) is 14.8 Å². The molecule has 16 heavy (non-hydrogen) atoms. The van der Waals surface area contributed by atoms with E-state index in [9.17, 15) is 9.00 Å². The standard InChI is InChI=1S/C8H13N3O3S2/c1-6(16(2)14)3-11-5-9-10-8(11)15-4-7(12)13/h5-6H,3-4H2,1-2H3,(H,12,13). The third kappa shape index (κ3) is 3.93. The quantitative estimate of drug-likeness (QED) is 0.739. The van der Waals surface area contributed by atoms with Gasteiger partial charge in [0.15, 0.2) is 5.16 Å². The van der Waals surface area contributed by atoms with Gasteiger partial charge in [-0.2, -0.15) is 0 Å². The van der Waals surface area contributed by atoms with Crippen LogP contribution >= 0.6 is 11.8 Å². The van der Waals surface area contributed by atoms with Crippen molar-refractivity contribution in [2.24, 2.45) is 0 Å². The second-order valence-corrected chi connectivity index (χ2v) is 6.00. The number of carboxylic acids is 1. The van der Waals surface area contributed by atoms with E-state index in [4.69, 9.17) is 5.11 Å². The minimum atomic E-state index is -0.918. The summed E-state index contributed by atoms with van der Waals surface area (Å²) >= 11 is 1.11. The number of carboxylic acid groups (broad SMARTS) is 1. The van der Waals surface area contributed by atoms with E-state index in [1.54, 1.807) is 10.8 Å². The summed E-state index contributed by atoms with van der Waals surface area (Å²) in [7, 11) is -0.918. The van der Waals surface area contributed by atoms with Crippen LogP contribution in [0.15, 0.2) is 11.5 Å². The van der Waals surface area contributed by atoms with Crippen molar-refractivity contribution >= 4 is 28.5 Å². The molecule has 2 unspecified atom stereocenters. The topological polar surface area (TPSA) is 85.1 Å². The first-order valence-corrected chi connectivity index (χ1v) is 7.16. The Balaban J connectivity index is 2.63. The van der Waals surface area contributed by atoms with Crippen LogP contribution in [0.1, 0.15) is 6.92 Å². The maximum Gasteiger partial charge on any atom is 0.313 e. The van der Waals surface area contributed by atoms with Gasteiger partial charge in [0.05, 0.1) is 5.75 Å². The van der Waals surface area contributed by atoms with Crippen molar-refractivity contribution in [3.63, 3.8) is 0 Å². The Hall–Kier alpha value is -0.890. The lowest BCUT2D eigenvalue weighted by atomic mass is 10.5. The Kier molecular flexibility index (Phi) is 4.94. The average molecular weight is 263 g/mol. The predicted octanol–water partition coefficient (Wildman–Crippen LogP) is 0.222. The number of aliphatic carboxylic acids is 1. The molecule has 90 valence electrons. The van der Waals surface area contributed by atoms with Crippen LogP contribution in [0.2, 0.25) is 0 Å². The molecule has 0 aromatic carbocycles. The average Bonchev–Trinajstić information content (AvgIpc) is 2.62. The molecule has 0 amide bonds. The fraction of sp³-hybridized carbons (Fsp3) is 0.625. The molecule has 8 heteroatoms. The van der Waals surface area contributed by atoms with E-state index in [-0.39, 0.29) is 11.0 Å². The lowest BCUT2D eigenvalue weighted by molar-refractivity contribution is -0.133. The maximum atomic E-state index is 11.2. The molecular weight excluding hydrogens is 250 g/mol. The second-order valence-electron chi connectivity index (χ2n) is 3.26. The number of hydrogen-bond donors (Lipinski definition) is 1. The SMILES string of the molecule is CC(Cn1cnnc1SCC(=O)O)S(C)=O. The molecule has 0 bridgehead atoms. The third-order valence-corrected chi connectivity index (χ3v) is 4.17. The van der Waals surface area contributed by atoms with Crippen molar-refractivity contribution in [2.75, 3.05) is 12.0 Å². The van der Waals surface area contributed by atoms with Crippen LogP contribution in [0.4, 0.5) is 0 Å². The van der Waals surface area contributed by atoms with E-state index in [2.05, 4.69) is 10.2 Å². The number of aromatic nitrogens is 3. The Labute approximate surface area is 99.9 Å². The van der Waals surface area contributed by atoms with Crippen molar-refractivity contribution < 1.29 is 14.1 Å². The van der Waals surface area contributed by atoms with Crippen molar-refractivity contribution in [3.05, 3.63) is 6.33 Å². The Morgan fingerprint density at radius 3 is 3.00 bits per heavy atom. The molecule has 0 aliphatic carbocycles. The maximum absolute atomic E-state index is 11.2. The predicted molar refractivity (Wildman–Crippen MR) is 61.9 cm³/mol. The number of hydrogen-bond acceptors (Lipinski definition) is 5. The van der Waals surface area contributed by atoms with E-state index in [0.29, 0.717) is 11.7 Å². The fourth-order valence-corrected chi connectivity index (χ4v) is 2.01. The lowest BCUT2D eigenvalue weighted by Crippen LogP contribution is -2.17. The first-order chi connectivity index (χ1) is 7.50. The minimum absolute atomic E-state index is 0.0137. The first kappa shape index (κ1) is 13.2. The summed E-state index contributed by atoms with van der Waals surface area (Å²) in [6.07, 6.45) is 3.16. The second kappa shape index (κ2) is 6.00. The van der Waals surface area contributed by atoms with Gasteiger partial charge in [-0.1, -0.05) is 11.8 Å². The van der Waals surface area contributed by atoms with Gasteiger partial charge in [-0.05, 0) is 6.92 Å². The van der Waals surface area contributed by atoms with Crippen LogP contribution in [-0.4, -0.2) is 47.3 Å². The number of nitrogens with zero attached hydrogens (tertiary/aromatic N) is 3. The highest BCUT2D eigenvalue weighted by Crippen LogP contribution is 2.15. The summed E-state index contributed by atoms with van der Waals surface area (Å²) in [4.78, 5) is 10.4. The molecule has 1 N–H and O–H groups in total. The van der Waals surface area contributed by atoms with Crippen LogP contribution in [-0.2, 0) is 22.1 Å². The summed E-state index contributed by atoms with van der Waals surface area (Å²) in [6, 6.07) is 0. The van der Waals surface area contributed by atoms with Gasteiger partial charge in [0.2, 0.25) is 0 Å². The molecule has 1 aromatic rings. The molecule has 1 aromatic heterocycles. The van der Waals surface area contributed by atoms with Crippen LogP contribution < -0.4 is 0 Å². The van der Waals surface area contributed by atoms with Crippen molar-refractivity contribution in [2.45, 2.75) is 23.9 Å². The van der Waals surface area contributed by atoms with E-state index in [0.717, 1.165) is 11.8 Å². The highest BCUT2D eigenvalue weighted by molar-refractivity contribution is 7.99. The van der Waals surface area contributed by atoms with Crippen LogP contribution in [0, 0.1) is 0 Å². The molecule has 2 atom stereocenters. The molecule has 1 rings (SSSR count). The third-order valence-electron chi connectivity index (χ3n) is 1.93. The zero-order valence-corrected chi connectivity index (χ0v) is 10.6. The molecule has 0 saturated carbocycles. The van der Waals surface area contributed by atoms with Crippen LogP contribution in [0.3, 0.4) is 0 Å². The van der Waals surface area contributed by atoms with Gasteiger partial charge in [0.1, 0.15) is 6.33 Å². The molecule has 0 spiro atoms. The number of carbonyl (C=O) groups is 1. The fourth-order valence-electron chi connectivity index (χ4n) is 0.990. The molecule has 0 aliphatic heterocycles. The molecule has 0 aliphatic rings. The monoisotopic (exact) mass is 263 g/mol. The Morgan fingerprint density at radius 1 is 1.75 bits per heavy atom. The van der Waals surface area contributed by atoms with Gasteiger partial charge in [-0.15, -0.1) is 10.2 Å². The van der Waals surface area contributed by atoms with Gasteiger partial charge >= 0.3 is 5.97 Å². The zero-order chi connectivity index (χ0) is 12.1. The summed E-state index contributed by atoms with van der Waals surface area (Å²) < 4.78 is 12.9. The molecule has 1 heterocycles. The lowest BCUT2D eigenvalue weighted by Gasteiger charge is -2.10. The Morgan fingerprint density at radius 2 is 2.44 bits per heavy atom. The highest BCUT2D eigenvalue weighted by Gasteiger charge is 2.12. The van der Waals surface area contributed by atoms with Gasteiger partial charge in [-0.25, -0.2) is 0 Å². The van der Waals surface area contributed by atoms with E-state index in [1.807, 2.05) is 6.92 Å². The van der Waals surface area contributed by atoms with Crippen molar-refractivity contribution in [1.29, 1.82) is 0 Å². The zero-order valence-electron chi connectivity index (χ0n) is 8.99. The summed E-state index contributed by atoms with van der Waals surface area (Å²) in [5, 5.41) is 16.6. The van der Waals surface area contributed by atoms with E-state index in [1.165, 1.54) is 6.33 Å². The Bertz CT molecular complexity index is 394. The summed E-state index contributed by atoms with van der Waals surface area (Å²) in [6.45, 7) is 2.39. The molecule has 6 nitrogen and oxygen atoms in total. The largest absolute Gasteiger partial charge is 0.481 e. The van der Waals surface area contributed by atoms with Gasteiger partial charge in [0, 0.05) is 28.9 Å².